The number of anilines is 1. The number of ether oxygens (including phenoxy) is 3. The van der Waals surface area contributed by atoms with E-state index in [1.807, 2.05) is 4.90 Å². The highest BCUT2D eigenvalue weighted by atomic mass is 32.2. The molecule has 1 heterocycles. The van der Waals surface area contributed by atoms with Crippen molar-refractivity contribution >= 4 is 27.6 Å². The van der Waals surface area contributed by atoms with E-state index in [9.17, 15) is 18.0 Å². The van der Waals surface area contributed by atoms with E-state index in [-0.39, 0.29) is 23.7 Å². The number of nitrogens with zero attached hydrogens (tertiary/aromatic N) is 2. The zero-order valence-electron chi connectivity index (χ0n) is 18.0. The molecule has 0 aliphatic carbocycles. The van der Waals surface area contributed by atoms with Gasteiger partial charge in [-0.05, 0) is 30.3 Å². The van der Waals surface area contributed by atoms with Gasteiger partial charge in [0.1, 0.15) is 13.2 Å². The minimum absolute atomic E-state index is 0.0121. The summed E-state index contributed by atoms with van der Waals surface area (Å²) in [6, 6.07) is 12.9. The Morgan fingerprint density at radius 2 is 1.59 bits per heavy atom. The van der Waals surface area contributed by atoms with E-state index in [4.69, 9.17) is 14.2 Å². The number of esters is 2. The van der Waals surface area contributed by atoms with Gasteiger partial charge >= 0.3 is 11.9 Å². The molecule has 2 aromatic carbocycles. The van der Waals surface area contributed by atoms with Gasteiger partial charge in [0, 0.05) is 27.2 Å². The number of morpholine rings is 1. The van der Waals surface area contributed by atoms with Gasteiger partial charge in [0.05, 0.1) is 34.9 Å². The molecular formula is C22H26N2O7S. The van der Waals surface area contributed by atoms with Crippen LogP contribution in [0.3, 0.4) is 0 Å². The molecule has 32 heavy (non-hydrogen) atoms. The Balaban J connectivity index is 1.72. The summed E-state index contributed by atoms with van der Waals surface area (Å²) in [5, 5.41) is 0. The van der Waals surface area contributed by atoms with Crippen LogP contribution >= 0.6 is 0 Å². The second-order valence-corrected chi connectivity index (χ2v) is 9.36. The molecular weight excluding hydrogens is 436 g/mol. The van der Waals surface area contributed by atoms with Gasteiger partial charge < -0.3 is 19.1 Å². The van der Waals surface area contributed by atoms with Crippen molar-refractivity contribution in [3.63, 3.8) is 0 Å². The van der Waals surface area contributed by atoms with Crippen molar-refractivity contribution in [2.24, 2.45) is 0 Å². The Hall–Kier alpha value is -2.95. The topological polar surface area (TPSA) is 102 Å². The van der Waals surface area contributed by atoms with Crippen LogP contribution in [0.15, 0.2) is 53.4 Å². The quantitative estimate of drug-likeness (QED) is 0.432. The third-order valence-electron chi connectivity index (χ3n) is 4.88. The zero-order valence-corrected chi connectivity index (χ0v) is 18.8. The van der Waals surface area contributed by atoms with Crippen molar-refractivity contribution in [1.82, 2.24) is 4.31 Å². The lowest BCUT2D eigenvalue weighted by Gasteiger charge is -2.30. The van der Waals surface area contributed by atoms with Crippen LogP contribution in [-0.4, -0.2) is 78.3 Å². The maximum absolute atomic E-state index is 12.8. The van der Waals surface area contributed by atoms with Gasteiger partial charge in [-0.3, -0.25) is 0 Å². The first-order valence-electron chi connectivity index (χ1n) is 10.1. The number of carbonyl (C=O) groups is 2. The van der Waals surface area contributed by atoms with E-state index in [1.54, 1.807) is 36.4 Å². The molecule has 3 rings (SSSR count). The van der Waals surface area contributed by atoms with Crippen molar-refractivity contribution in [1.29, 1.82) is 0 Å². The number of hydrogen-bond acceptors (Lipinski definition) is 8. The second kappa shape index (κ2) is 10.6. The van der Waals surface area contributed by atoms with Gasteiger partial charge in [-0.25, -0.2) is 22.3 Å². The van der Waals surface area contributed by atoms with Gasteiger partial charge in [-0.15, -0.1) is 0 Å². The number of hydrogen-bond donors (Lipinski definition) is 0. The van der Waals surface area contributed by atoms with Crippen LogP contribution in [-0.2, 0) is 24.2 Å². The number of benzene rings is 2. The molecule has 2 aromatic rings. The fourth-order valence-electron chi connectivity index (χ4n) is 3.13. The normalized spacial score (nSPS) is 14.3. The monoisotopic (exact) mass is 462 g/mol. The molecule has 0 unspecified atom stereocenters. The van der Waals surface area contributed by atoms with Crippen molar-refractivity contribution in [3.8, 4) is 0 Å². The maximum Gasteiger partial charge on any atom is 0.340 e. The minimum atomic E-state index is -3.73. The second-order valence-electron chi connectivity index (χ2n) is 7.20. The summed E-state index contributed by atoms with van der Waals surface area (Å²) >= 11 is 0. The maximum atomic E-state index is 12.8. The Labute approximate surface area is 187 Å². The standard InChI is InChI=1S/C22H26N2O7S/c1-23(2)32(27,28)18-8-9-20(24-10-12-29-13-11-24)19(16-18)22(26)31-15-14-30-21(25)17-6-4-3-5-7-17/h3-9,16H,10-15H2,1-2H3. The van der Waals surface area contributed by atoms with Crippen LogP contribution in [0.4, 0.5) is 5.69 Å². The zero-order chi connectivity index (χ0) is 23.1. The molecule has 0 N–H and O–H groups in total. The van der Waals surface area contributed by atoms with Gasteiger partial charge in [-0.2, -0.15) is 0 Å². The van der Waals surface area contributed by atoms with Crippen molar-refractivity contribution in [2.45, 2.75) is 4.90 Å². The van der Waals surface area contributed by atoms with Crippen LogP contribution in [0, 0.1) is 0 Å². The predicted octanol–water partition coefficient (Wildman–Crippen LogP) is 1.79. The molecule has 0 aromatic heterocycles. The fraction of sp³-hybridized carbons (Fsp3) is 0.364. The molecule has 0 atom stereocenters. The lowest BCUT2D eigenvalue weighted by Crippen LogP contribution is -2.37. The molecule has 1 saturated heterocycles. The van der Waals surface area contributed by atoms with Gasteiger partial charge in [0.15, 0.2) is 0 Å². The first kappa shape index (κ1) is 23.7. The summed E-state index contributed by atoms with van der Waals surface area (Å²) in [6.45, 7) is 1.85. The first-order chi connectivity index (χ1) is 15.3. The molecule has 0 bridgehead atoms. The predicted molar refractivity (Wildman–Crippen MR) is 117 cm³/mol. The number of carbonyl (C=O) groups excluding carboxylic acids is 2. The van der Waals surface area contributed by atoms with Crippen LogP contribution in [0.2, 0.25) is 0 Å². The van der Waals surface area contributed by atoms with Crippen LogP contribution < -0.4 is 4.90 Å². The average Bonchev–Trinajstić information content (AvgIpc) is 2.82. The van der Waals surface area contributed by atoms with E-state index < -0.39 is 22.0 Å². The van der Waals surface area contributed by atoms with Crippen molar-refractivity contribution < 1.29 is 32.2 Å². The number of sulfonamides is 1. The molecule has 0 amide bonds. The third kappa shape index (κ3) is 5.64. The Morgan fingerprint density at radius 3 is 2.22 bits per heavy atom. The molecule has 1 aliphatic rings. The minimum Gasteiger partial charge on any atom is -0.458 e. The Bertz CT molecular complexity index is 1050. The van der Waals surface area contributed by atoms with Crippen LogP contribution in [0.1, 0.15) is 20.7 Å². The highest BCUT2D eigenvalue weighted by Gasteiger charge is 2.25. The van der Waals surface area contributed by atoms with Gasteiger partial charge in [0.25, 0.3) is 0 Å². The fourth-order valence-corrected chi connectivity index (χ4v) is 4.06. The highest BCUT2D eigenvalue weighted by molar-refractivity contribution is 7.89. The number of rotatable bonds is 8. The van der Waals surface area contributed by atoms with E-state index in [0.29, 0.717) is 37.6 Å². The van der Waals surface area contributed by atoms with E-state index in [2.05, 4.69) is 0 Å². The van der Waals surface area contributed by atoms with Crippen molar-refractivity contribution in [3.05, 3.63) is 59.7 Å². The summed E-state index contributed by atoms with van der Waals surface area (Å²) in [5.74, 6) is -1.22. The molecule has 172 valence electrons. The van der Waals surface area contributed by atoms with Crippen LogP contribution in [0.5, 0.6) is 0 Å². The molecule has 0 saturated carbocycles. The molecule has 1 aliphatic heterocycles. The lowest BCUT2D eigenvalue weighted by atomic mass is 10.1. The highest BCUT2D eigenvalue weighted by Crippen LogP contribution is 2.27. The summed E-state index contributed by atoms with van der Waals surface area (Å²) in [7, 11) is -0.893. The Morgan fingerprint density at radius 1 is 0.969 bits per heavy atom. The largest absolute Gasteiger partial charge is 0.458 e. The molecule has 9 nitrogen and oxygen atoms in total. The molecule has 10 heteroatoms. The average molecular weight is 463 g/mol. The van der Waals surface area contributed by atoms with E-state index in [1.165, 1.54) is 26.2 Å². The Kier molecular flexibility index (Phi) is 7.84. The van der Waals surface area contributed by atoms with Gasteiger partial charge in [-0.1, -0.05) is 18.2 Å². The first-order valence-corrected chi connectivity index (χ1v) is 11.5. The third-order valence-corrected chi connectivity index (χ3v) is 6.69. The lowest BCUT2D eigenvalue weighted by molar-refractivity contribution is 0.0265. The van der Waals surface area contributed by atoms with E-state index >= 15 is 0 Å². The summed E-state index contributed by atoms with van der Waals surface area (Å²) in [4.78, 5) is 26.8. The molecule has 0 spiro atoms. The SMILES string of the molecule is CN(C)S(=O)(=O)c1ccc(N2CCOCC2)c(C(=O)OCCOC(=O)c2ccccc2)c1. The molecule has 0 radical (unpaired) electrons. The van der Waals surface area contributed by atoms with Crippen LogP contribution in [0.25, 0.3) is 0 Å². The summed E-state index contributed by atoms with van der Waals surface area (Å²) in [5.41, 5.74) is 1.09. The summed E-state index contributed by atoms with van der Waals surface area (Å²) in [6.07, 6.45) is 0. The van der Waals surface area contributed by atoms with Gasteiger partial charge in [0.2, 0.25) is 10.0 Å². The molecule has 1 fully saturated rings. The summed E-state index contributed by atoms with van der Waals surface area (Å²) < 4.78 is 41.9. The smallest absolute Gasteiger partial charge is 0.340 e. The van der Waals surface area contributed by atoms with Crippen molar-refractivity contribution in [2.75, 3.05) is 58.5 Å². The van der Waals surface area contributed by atoms with E-state index in [0.717, 1.165) is 4.31 Å².